The summed E-state index contributed by atoms with van der Waals surface area (Å²) in [5.41, 5.74) is 0.842. The highest BCUT2D eigenvalue weighted by molar-refractivity contribution is 7.89. The fourth-order valence-corrected chi connectivity index (χ4v) is 2.38. The van der Waals surface area contributed by atoms with Gasteiger partial charge in [-0.05, 0) is 30.7 Å². The van der Waals surface area contributed by atoms with Gasteiger partial charge in [-0.2, -0.15) is 0 Å². The zero-order valence-electron chi connectivity index (χ0n) is 9.81. The molecule has 1 aromatic carbocycles. The van der Waals surface area contributed by atoms with E-state index >= 15 is 0 Å². The fourth-order valence-electron chi connectivity index (χ4n) is 1.34. The van der Waals surface area contributed by atoms with Crippen molar-refractivity contribution in [2.45, 2.75) is 18.2 Å². The smallest absolute Gasteiger partial charge is 0.240 e. The van der Waals surface area contributed by atoms with E-state index in [0.717, 1.165) is 5.69 Å². The summed E-state index contributed by atoms with van der Waals surface area (Å²) < 4.78 is 25.7. The number of aliphatic hydroxyl groups excluding tert-OH is 1. The highest BCUT2D eigenvalue weighted by Crippen LogP contribution is 2.13. The first-order chi connectivity index (χ1) is 8.10. The van der Waals surface area contributed by atoms with E-state index in [9.17, 15) is 8.42 Å². The van der Waals surface area contributed by atoms with Gasteiger partial charge in [-0.25, -0.2) is 13.1 Å². The van der Waals surface area contributed by atoms with Gasteiger partial charge >= 0.3 is 0 Å². The van der Waals surface area contributed by atoms with Gasteiger partial charge in [-0.1, -0.05) is 6.92 Å². The predicted octanol–water partition coefficient (Wildman–Crippen LogP) is 0.779. The largest absolute Gasteiger partial charge is 0.396 e. The molecular weight excluding hydrogens is 240 g/mol. The van der Waals surface area contributed by atoms with Crippen molar-refractivity contribution in [3.63, 3.8) is 0 Å². The molecule has 96 valence electrons. The zero-order chi connectivity index (χ0) is 12.7. The molecule has 5 nitrogen and oxygen atoms in total. The molecule has 0 aliphatic rings. The summed E-state index contributed by atoms with van der Waals surface area (Å²) in [7, 11) is -3.37. The van der Waals surface area contributed by atoms with Gasteiger partial charge in [0.25, 0.3) is 0 Å². The first-order valence-electron chi connectivity index (χ1n) is 5.54. The second-order valence-electron chi connectivity index (χ2n) is 3.53. The molecule has 0 bridgehead atoms. The van der Waals surface area contributed by atoms with Crippen LogP contribution in [0.1, 0.15) is 13.3 Å². The van der Waals surface area contributed by atoms with Crippen LogP contribution < -0.4 is 10.0 Å². The van der Waals surface area contributed by atoms with Gasteiger partial charge in [-0.15, -0.1) is 0 Å². The Labute approximate surface area is 102 Å². The quantitative estimate of drug-likeness (QED) is 0.632. The molecule has 0 aliphatic heterocycles. The van der Waals surface area contributed by atoms with Gasteiger partial charge in [0.2, 0.25) is 10.0 Å². The lowest BCUT2D eigenvalue weighted by Crippen LogP contribution is -2.23. The number of hydrogen-bond donors (Lipinski definition) is 3. The third-order valence-corrected chi connectivity index (χ3v) is 3.72. The standard InChI is InChI=1S/C11H18N2O3S/c1-2-13-17(15,16)11-6-4-10(5-7-11)12-8-3-9-14/h4-7,12-14H,2-3,8-9H2,1H3. The van der Waals surface area contributed by atoms with Crippen molar-refractivity contribution in [1.82, 2.24) is 4.72 Å². The molecule has 0 saturated carbocycles. The molecule has 0 atom stereocenters. The maximum absolute atomic E-state index is 11.6. The van der Waals surface area contributed by atoms with Crippen LogP contribution in [-0.2, 0) is 10.0 Å². The van der Waals surface area contributed by atoms with Gasteiger partial charge < -0.3 is 10.4 Å². The third kappa shape index (κ3) is 4.33. The molecule has 0 aliphatic carbocycles. The summed E-state index contributed by atoms with van der Waals surface area (Å²) in [5.74, 6) is 0. The Morgan fingerprint density at radius 2 is 1.88 bits per heavy atom. The second-order valence-corrected chi connectivity index (χ2v) is 5.30. The van der Waals surface area contributed by atoms with Crippen molar-refractivity contribution in [2.75, 3.05) is 25.0 Å². The van der Waals surface area contributed by atoms with E-state index < -0.39 is 10.0 Å². The Hall–Kier alpha value is -1.11. The van der Waals surface area contributed by atoms with Crippen LogP contribution in [0.2, 0.25) is 0 Å². The normalized spacial score (nSPS) is 11.4. The van der Waals surface area contributed by atoms with Crippen LogP contribution in [0.5, 0.6) is 0 Å². The van der Waals surface area contributed by atoms with E-state index in [-0.39, 0.29) is 11.5 Å². The number of hydrogen-bond acceptors (Lipinski definition) is 4. The zero-order valence-corrected chi connectivity index (χ0v) is 10.6. The first-order valence-corrected chi connectivity index (χ1v) is 7.03. The Kier molecular flexibility index (Phi) is 5.40. The minimum Gasteiger partial charge on any atom is -0.396 e. The number of aliphatic hydroxyl groups is 1. The highest BCUT2D eigenvalue weighted by Gasteiger charge is 2.11. The van der Waals surface area contributed by atoms with E-state index in [4.69, 9.17) is 5.11 Å². The summed E-state index contributed by atoms with van der Waals surface area (Å²) in [6.45, 7) is 2.91. The van der Waals surface area contributed by atoms with Crippen molar-refractivity contribution < 1.29 is 13.5 Å². The Balaban J connectivity index is 2.68. The molecule has 0 aromatic heterocycles. The van der Waals surface area contributed by atoms with Gasteiger partial charge in [0.15, 0.2) is 0 Å². The summed E-state index contributed by atoms with van der Waals surface area (Å²) in [4.78, 5) is 0.257. The van der Waals surface area contributed by atoms with Crippen LogP contribution >= 0.6 is 0 Å². The summed E-state index contributed by atoms with van der Waals surface area (Å²) in [5, 5.41) is 11.7. The molecular formula is C11H18N2O3S. The van der Waals surface area contributed by atoms with Gasteiger partial charge in [-0.3, -0.25) is 0 Å². The van der Waals surface area contributed by atoms with E-state index in [2.05, 4.69) is 10.0 Å². The number of anilines is 1. The first kappa shape index (κ1) is 14.0. The van der Waals surface area contributed by atoms with Gasteiger partial charge in [0, 0.05) is 25.4 Å². The van der Waals surface area contributed by atoms with Crippen LogP contribution in [-0.4, -0.2) is 33.2 Å². The maximum Gasteiger partial charge on any atom is 0.240 e. The SMILES string of the molecule is CCNS(=O)(=O)c1ccc(NCCCO)cc1. The Morgan fingerprint density at radius 1 is 1.24 bits per heavy atom. The van der Waals surface area contributed by atoms with Crippen LogP contribution in [0.25, 0.3) is 0 Å². The molecule has 0 spiro atoms. The van der Waals surface area contributed by atoms with E-state index in [1.807, 2.05) is 0 Å². The van der Waals surface area contributed by atoms with Crippen LogP contribution in [0.4, 0.5) is 5.69 Å². The minimum atomic E-state index is -3.37. The van der Waals surface area contributed by atoms with Crippen molar-refractivity contribution in [2.24, 2.45) is 0 Å². The molecule has 0 unspecified atom stereocenters. The number of nitrogens with one attached hydrogen (secondary N) is 2. The van der Waals surface area contributed by atoms with Crippen molar-refractivity contribution >= 4 is 15.7 Å². The lowest BCUT2D eigenvalue weighted by Gasteiger charge is -2.07. The maximum atomic E-state index is 11.6. The number of benzene rings is 1. The van der Waals surface area contributed by atoms with Crippen LogP contribution in [0.15, 0.2) is 29.2 Å². The second kappa shape index (κ2) is 6.58. The highest BCUT2D eigenvalue weighted by atomic mass is 32.2. The molecule has 3 N–H and O–H groups in total. The summed E-state index contributed by atoms with van der Waals surface area (Å²) in [6, 6.07) is 6.53. The average Bonchev–Trinajstić information content (AvgIpc) is 2.30. The van der Waals surface area contributed by atoms with E-state index in [1.54, 1.807) is 31.2 Å². The van der Waals surface area contributed by atoms with E-state index in [1.165, 1.54) is 0 Å². The molecule has 1 rings (SSSR count). The van der Waals surface area contributed by atoms with Crippen molar-refractivity contribution in [3.8, 4) is 0 Å². The molecule has 0 saturated heterocycles. The molecule has 17 heavy (non-hydrogen) atoms. The lowest BCUT2D eigenvalue weighted by atomic mass is 10.3. The van der Waals surface area contributed by atoms with Crippen LogP contribution in [0, 0.1) is 0 Å². The van der Waals surface area contributed by atoms with Gasteiger partial charge in [0.1, 0.15) is 0 Å². The molecule has 1 aromatic rings. The molecule has 0 heterocycles. The van der Waals surface area contributed by atoms with Crippen LogP contribution in [0.3, 0.4) is 0 Å². The number of rotatable bonds is 7. The molecule has 0 fully saturated rings. The summed E-state index contributed by atoms with van der Waals surface area (Å²) in [6.07, 6.45) is 0.664. The summed E-state index contributed by atoms with van der Waals surface area (Å²) >= 11 is 0. The Morgan fingerprint density at radius 3 is 2.41 bits per heavy atom. The predicted molar refractivity (Wildman–Crippen MR) is 67.5 cm³/mol. The average molecular weight is 258 g/mol. The minimum absolute atomic E-state index is 0.139. The monoisotopic (exact) mass is 258 g/mol. The fraction of sp³-hybridized carbons (Fsp3) is 0.455. The van der Waals surface area contributed by atoms with Crippen molar-refractivity contribution in [3.05, 3.63) is 24.3 Å². The third-order valence-electron chi connectivity index (χ3n) is 2.16. The lowest BCUT2D eigenvalue weighted by molar-refractivity contribution is 0.292. The topological polar surface area (TPSA) is 78.4 Å². The van der Waals surface area contributed by atoms with Gasteiger partial charge in [0.05, 0.1) is 4.90 Å². The number of sulfonamides is 1. The Bertz CT molecular complexity index is 429. The van der Waals surface area contributed by atoms with E-state index in [0.29, 0.717) is 19.5 Å². The molecule has 0 amide bonds. The molecule has 0 radical (unpaired) electrons. The van der Waals surface area contributed by atoms with Crippen molar-refractivity contribution in [1.29, 1.82) is 0 Å². The molecule has 6 heteroatoms.